The van der Waals surface area contributed by atoms with Crippen molar-refractivity contribution in [2.75, 3.05) is 20.2 Å². The van der Waals surface area contributed by atoms with E-state index >= 15 is 0 Å². The predicted molar refractivity (Wildman–Crippen MR) is 80.0 cm³/mol. The number of carbonyl (C=O) groups is 1. The smallest absolute Gasteiger partial charge is 0.254 e. The average molecular weight is 299 g/mol. The van der Waals surface area contributed by atoms with Crippen molar-refractivity contribution in [3.05, 3.63) is 48.4 Å². The van der Waals surface area contributed by atoms with Crippen LogP contribution in [0.5, 0.6) is 11.6 Å². The second-order valence-corrected chi connectivity index (χ2v) is 5.06. The van der Waals surface area contributed by atoms with Gasteiger partial charge < -0.3 is 14.4 Å². The first-order valence-corrected chi connectivity index (χ1v) is 7.12. The summed E-state index contributed by atoms with van der Waals surface area (Å²) in [6, 6.07) is 7.18. The van der Waals surface area contributed by atoms with Gasteiger partial charge >= 0.3 is 0 Å². The minimum Gasteiger partial charge on any atom is -0.497 e. The molecule has 6 nitrogen and oxygen atoms in total. The fourth-order valence-electron chi connectivity index (χ4n) is 2.46. The van der Waals surface area contributed by atoms with E-state index in [1.165, 1.54) is 0 Å². The standard InChI is InChI=1S/C16H17N3O3/c1-21-13-4-2-3-12(9-13)16(20)19-8-5-14(11-19)22-15-10-17-6-7-18-15/h2-4,6-7,9-10,14H,5,8,11H2,1H3. The second-order valence-electron chi connectivity index (χ2n) is 5.06. The number of hydrogen-bond donors (Lipinski definition) is 0. The summed E-state index contributed by atoms with van der Waals surface area (Å²) < 4.78 is 10.9. The van der Waals surface area contributed by atoms with Crippen LogP contribution < -0.4 is 9.47 Å². The lowest BCUT2D eigenvalue weighted by molar-refractivity contribution is 0.0770. The maximum absolute atomic E-state index is 12.5. The third kappa shape index (κ3) is 3.16. The van der Waals surface area contributed by atoms with Gasteiger partial charge in [0, 0.05) is 30.9 Å². The molecule has 1 atom stereocenters. The van der Waals surface area contributed by atoms with Crippen LogP contribution >= 0.6 is 0 Å². The van der Waals surface area contributed by atoms with Crippen LogP contribution in [0.15, 0.2) is 42.9 Å². The average Bonchev–Trinajstić information content (AvgIpc) is 3.03. The lowest BCUT2D eigenvalue weighted by Crippen LogP contribution is -2.31. The second kappa shape index (κ2) is 6.43. The molecule has 1 aromatic heterocycles. The molecular formula is C16H17N3O3. The molecule has 0 bridgehead atoms. The Hall–Kier alpha value is -2.63. The molecule has 1 aliphatic heterocycles. The number of nitrogens with zero attached hydrogens (tertiary/aromatic N) is 3. The van der Waals surface area contributed by atoms with Gasteiger partial charge in [0.25, 0.3) is 5.91 Å². The van der Waals surface area contributed by atoms with Crippen molar-refractivity contribution in [3.8, 4) is 11.6 Å². The highest BCUT2D eigenvalue weighted by molar-refractivity contribution is 5.94. The monoisotopic (exact) mass is 299 g/mol. The van der Waals surface area contributed by atoms with Crippen LogP contribution in [0, 0.1) is 0 Å². The number of amides is 1. The van der Waals surface area contributed by atoms with E-state index < -0.39 is 0 Å². The number of rotatable bonds is 4. The van der Waals surface area contributed by atoms with Crippen LogP contribution in [0.2, 0.25) is 0 Å². The summed E-state index contributed by atoms with van der Waals surface area (Å²) in [6.07, 6.45) is 5.49. The van der Waals surface area contributed by atoms with Crippen molar-refractivity contribution in [1.29, 1.82) is 0 Å². The topological polar surface area (TPSA) is 64.5 Å². The summed E-state index contributed by atoms with van der Waals surface area (Å²) in [4.78, 5) is 22.3. The van der Waals surface area contributed by atoms with Crippen LogP contribution in [0.3, 0.4) is 0 Å². The first-order chi connectivity index (χ1) is 10.8. The van der Waals surface area contributed by atoms with Crippen LogP contribution in [-0.4, -0.2) is 47.1 Å². The maximum Gasteiger partial charge on any atom is 0.254 e. The Balaban J connectivity index is 1.63. The van der Waals surface area contributed by atoms with E-state index in [0.717, 1.165) is 6.42 Å². The lowest BCUT2D eigenvalue weighted by atomic mass is 10.2. The quantitative estimate of drug-likeness (QED) is 0.861. The number of carbonyl (C=O) groups excluding carboxylic acids is 1. The maximum atomic E-state index is 12.5. The molecule has 0 spiro atoms. The predicted octanol–water partition coefficient (Wildman–Crippen LogP) is 1.78. The van der Waals surface area contributed by atoms with Crippen molar-refractivity contribution in [3.63, 3.8) is 0 Å². The molecule has 3 rings (SSSR count). The fourth-order valence-corrected chi connectivity index (χ4v) is 2.46. The summed E-state index contributed by atoms with van der Waals surface area (Å²) in [5, 5.41) is 0. The Morgan fingerprint density at radius 3 is 3.05 bits per heavy atom. The number of ether oxygens (including phenoxy) is 2. The number of methoxy groups -OCH3 is 1. The van der Waals surface area contributed by atoms with Gasteiger partial charge in [-0.3, -0.25) is 9.78 Å². The number of aromatic nitrogens is 2. The third-order valence-electron chi connectivity index (χ3n) is 3.58. The molecule has 1 aliphatic rings. The van der Waals surface area contributed by atoms with Gasteiger partial charge in [-0.15, -0.1) is 0 Å². The van der Waals surface area contributed by atoms with Crippen molar-refractivity contribution in [2.24, 2.45) is 0 Å². The van der Waals surface area contributed by atoms with Gasteiger partial charge in [-0.05, 0) is 18.2 Å². The molecule has 1 amide bonds. The highest BCUT2D eigenvalue weighted by atomic mass is 16.5. The fraction of sp³-hybridized carbons (Fsp3) is 0.312. The molecule has 2 aromatic rings. The van der Waals surface area contributed by atoms with E-state index in [1.807, 2.05) is 12.1 Å². The summed E-state index contributed by atoms with van der Waals surface area (Å²) in [5.41, 5.74) is 0.625. The van der Waals surface area contributed by atoms with E-state index in [2.05, 4.69) is 9.97 Å². The zero-order valence-corrected chi connectivity index (χ0v) is 12.3. The molecule has 0 saturated carbocycles. The molecular weight excluding hydrogens is 282 g/mol. The Labute approximate surface area is 128 Å². The highest BCUT2D eigenvalue weighted by Crippen LogP contribution is 2.20. The van der Waals surface area contributed by atoms with Gasteiger partial charge in [-0.2, -0.15) is 0 Å². The molecule has 6 heteroatoms. The van der Waals surface area contributed by atoms with Crippen LogP contribution in [0.25, 0.3) is 0 Å². The zero-order chi connectivity index (χ0) is 15.4. The Morgan fingerprint density at radius 1 is 1.36 bits per heavy atom. The SMILES string of the molecule is COc1cccc(C(=O)N2CCC(Oc3cnccn3)C2)c1. The van der Waals surface area contributed by atoms with Crippen LogP contribution in [0.4, 0.5) is 0 Å². The van der Waals surface area contributed by atoms with E-state index in [4.69, 9.17) is 9.47 Å². The van der Waals surface area contributed by atoms with Crippen molar-refractivity contribution < 1.29 is 14.3 Å². The Kier molecular flexibility index (Phi) is 4.18. The molecule has 0 radical (unpaired) electrons. The highest BCUT2D eigenvalue weighted by Gasteiger charge is 2.28. The molecule has 1 aromatic carbocycles. The number of hydrogen-bond acceptors (Lipinski definition) is 5. The number of benzene rings is 1. The molecule has 1 saturated heterocycles. The summed E-state index contributed by atoms with van der Waals surface area (Å²) in [7, 11) is 1.59. The zero-order valence-electron chi connectivity index (χ0n) is 12.3. The molecule has 2 heterocycles. The first kappa shape index (κ1) is 14.3. The van der Waals surface area contributed by atoms with E-state index in [0.29, 0.717) is 30.3 Å². The van der Waals surface area contributed by atoms with Gasteiger partial charge in [-0.25, -0.2) is 4.98 Å². The third-order valence-corrected chi connectivity index (χ3v) is 3.58. The lowest BCUT2D eigenvalue weighted by Gasteiger charge is -2.17. The van der Waals surface area contributed by atoms with E-state index in [9.17, 15) is 4.79 Å². The summed E-state index contributed by atoms with van der Waals surface area (Å²) in [5.74, 6) is 1.16. The van der Waals surface area contributed by atoms with Gasteiger partial charge in [0.2, 0.25) is 5.88 Å². The van der Waals surface area contributed by atoms with Gasteiger partial charge in [0.05, 0.1) is 19.9 Å². The molecule has 0 aliphatic carbocycles. The Morgan fingerprint density at radius 2 is 2.27 bits per heavy atom. The molecule has 22 heavy (non-hydrogen) atoms. The minimum atomic E-state index is -0.0498. The summed E-state index contributed by atoms with van der Waals surface area (Å²) >= 11 is 0. The number of likely N-dealkylation sites (tertiary alicyclic amines) is 1. The minimum absolute atomic E-state index is 0.0101. The largest absolute Gasteiger partial charge is 0.497 e. The van der Waals surface area contributed by atoms with Gasteiger partial charge in [0.1, 0.15) is 11.9 Å². The van der Waals surface area contributed by atoms with Crippen LogP contribution in [-0.2, 0) is 0 Å². The Bertz CT molecular complexity index is 648. The van der Waals surface area contributed by atoms with Crippen molar-refractivity contribution in [2.45, 2.75) is 12.5 Å². The molecule has 1 fully saturated rings. The molecule has 114 valence electrons. The molecule has 0 N–H and O–H groups in total. The normalized spacial score (nSPS) is 17.3. The first-order valence-electron chi connectivity index (χ1n) is 7.12. The van der Waals surface area contributed by atoms with Crippen LogP contribution in [0.1, 0.15) is 16.8 Å². The van der Waals surface area contributed by atoms with E-state index in [1.54, 1.807) is 42.7 Å². The van der Waals surface area contributed by atoms with Gasteiger partial charge in [0.15, 0.2) is 0 Å². The van der Waals surface area contributed by atoms with Gasteiger partial charge in [-0.1, -0.05) is 6.07 Å². The van der Waals surface area contributed by atoms with Crippen molar-refractivity contribution >= 4 is 5.91 Å². The van der Waals surface area contributed by atoms with Crippen molar-refractivity contribution in [1.82, 2.24) is 14.9 Å². The van der Waals surface area contributed by atoms with E-state index in [-0.39, 0.29) is 12.0 Å². The molecule has 1 unspecified atom stereocenters. The summed E-state index contributed by atoms with van der Waals surface area (Å²) in [6.45, 7) is 1.22.